The molecule has 0 bridgehead atoms. The van der Waals surface area contributed by atoms with Crippen LogP contribution in [0.1, 0.15) is 4.88 Å². The third kappa shape index (κ3) is 4.08. The number of rotatable bonds is 7. The second-order valence-electron chi connectivity index (χ2n) is 5.68. The Morgan fingerprint density at radius 1 is 1.27 bits per heavy atom. The number of thioether (sulfide) groups is 1. The first-order valence-corrected chi connectivity index (χ1v) is 9.88. The van der Waals surface area contributed by atoms with Crippen LogP contribution in [0.2, 0.25) is 0 Å². The lowest BCUT2D eigenvalue weighted by atomic mass is 10.2. The molecule has 2 heterocycles. The summed E-state index contributed by atoms with van der Waals surface area (Å²) < 4.78 is 7.28. The number of carbonyl (C=O) groups is 1. The van der Waals surface area contributed by atoms with Crippen LogP contribution in [-0.2, 0) is 18.4 Å². The van der Waals surface area contributed by atoms with E-state index >= 15 is 0 Å². The molecule has 6 nitrogen and oxygen atoms in total. The van der Waals surface area contributed by atoms with Gasteiger partial charge in [0.15, 0.2) is 11.0 Å². The molecule has 1 amide bonds. The first-order chi connectivity index (χ1) is 12.6. The van der Waals surface area contributed by atoms with E-state index in [4.69, 9.17) is 4.74 Å². The van der Waals surface area contributed by atoms with E-state index in [0.29, 0.717) is 23.3 Å². The minimum Gasteiger partial charge on any atom is -0.496 e. The predicted molar refractivity (Wildman–Crippen MR) is 105 cm³/mol. The molecule has 0 radical (unpaired) electrons. The van der Waals surface area contributed by atoms with Gasteiger partial charge in [-0.05, 0) is 23.6 Å². The molecule has 0 N–H and O–H groups in total. The van der Waals surface area contributed by atoms with E-state index in [9.17, 15) is 4.79 Å². The maximum atomic E-state index is 12.4. The zero-order chi connectivity index (χ0) is 18.5. The fourth-order valence-corrected chi connectivity index (χ4v) is 4.07. The highest BCUT2D eigenvalue weighted by Gasteiger charge is 2.17. The van der Waals surface area contributed by atoms with E-state index in [0.717, 1.165) is 11.3 Å². The smallest absolute Gasteiger partial charge is 0.233 e. The van der Waals surface area contributed by atoms with Crippen LogP contribution in [0.15, 0.2) is 46.9 Å². The lowest BCUT2D eigenvalue weighted by molar-refractivity contribution is -0.127. The Morgan fingerprint density at radius 3 is 2.81 bits per heavy atom. The number of para-hydroxylation sites is 1. The van der Waals surface area contributed by atoms with E-state index in [2.05, 4.69) is 10.2 Å². The molecule has 26 heavy (non-hydrogen) atoms. The molecule has 136 valence electrons. The number of methoxy groups -OCH3 is 1. The Morgan fingerprint density at radius 2 is 2.08 bits per heavy atom. The summed E-state index contributed by atoms with van der Waals surface area (Å²) in [6, 6.07) is 11.7. The van der Waals surface area contributed by atoms with E-state index in [-0.39, 0.29) is 5.91 Å². The Bertz CT molecular complexity index is 877. The third-order valence-corrected chi connectivity index (χ3v) is 5.77. The molecule has 0 fully saturated rings. The summed E-state index contributed by atoms with van der Waals surface area (Å²) in [5.74, 6) is 1.83. The lowest BCUT2D eigenvalue weighted by Gasteiger charge is -2.15. The summed E-state index contributed by atoms with van der Waals surface area (Å²) in [5.41, 5.74) is 0.873. The largest absolute Gasteiger partial charge is 0.496 e. The van der Waals surface area contributed by atoms with E-state index in [1.165, 1.54) is 16.6 Å². The second kappa shape index (κ2) is 8.37. The molecule has 3 rings (SSSR count). The summed E-state index contributed by atoms with van der Waals surface area (Å²) in [5, 5.41) is 11.2. The summed E-state index contributed by atoms with van der Waals surface area (Å²) in [4.78, 5) is 15.3. The molecule has 0 spiro atoms. The zero-order valence-corrected chi connectivity index (χ0v) is 16.5. The molecule has 0 saturated carbocycles. The van der Waals surface area contributed by atoms with Crippen LogP contribution >= 0.6 is 23.1 Å². The average Bonchev–Trinajstić information content (AvgIpc) is 3.29. The third-order valence-electron chi connectivity index (χ3n) is 3.91. The highest BCUT2D eigenvalue weighted by molar-refractivity contribution is 7.99. The average molecular weight is 389 g/mol. The van der Waals surface area contributed by atoms with Crippen LogP contribution in [0.4, 0.5) is 0 Å². The monoisotopic (exact) mass is 388 g/mol. The van der Waals surface area contributed by atoms with Gasteiger partial charge >= 0.3 is 0 Å². The first kappa shape index (κ1) is 18.5. The molecule has 3 aromatic rings. The van der Waals surface area contributed by atoms with Gasteiger partial charge in [-0.15, -0.1) is 21.5 Å². The van der Waals surface area contributed by atoms with Crippen molar-refractivity contribution in [1.82, 2.24) is 19.7 Å². The van der Waals surface area contributed by atoms with Gasteiger partial charge in [-0.3, -0.25) is 4.79 Å². The number of amides is 1. The van der Waals surface area contributed by atoms with Gasteiger partial charge in [0, 0.05) is 19.0 Å². The molecular weight excluding hydrogens is 368 g/mol. The molecule has 8 heteroatoms. The van der Waals surface area contributed by atoms with Crippen LogP contribution in [0.25, 0.3) is 11.4 Å². The number of nitrogens with zero attached hydrogens (tertiary/aromatic N) is 4. The molecule has 0 atom stereocenters. The van der Waals surface area contributed by atoms with Crippen molar-refractivity contribution in [3.05, 3.63) is 46.7 Å². The maximum absolute atomic E-state index is 12.4. The molecular formula is C18H20N4O2S2. The Hall–Kier alpha value is -2.32. The zero-order valence-electron chi connectivity index (χ0n) is 14.9. The SMILES string of the molecule is COc1ccccc1-c1nnc(SCC(=O)N(C)Cc2cccs2)n1C. The first-order valence-electron chi connectivity index (χ1n) is 8.02. The van der Waals surface area contributed by atoms with Crippen LogP contribution in [0.3, 0.4) is 0 Å². The van der Waals surface area contributed by atoms with Crippen molar-refractivity contribution in [3.8, 4) is 17.1 Å². The number of ether oxygens (including phenoxy) is 1. The van der Waals surface area contributed by atoms with Crippen LogP contribution in [0, 0.1) is 0 Å². The summed E-state index contributed by atoms with van der Waals surface area (Å²) in [6.07, 6.45) is 0. The van der Waals surface area contributed by atoms with Crippen LogP contribution < -0.4 is 4.74 Å². The fraction of sp³-hybridized carbons (Fsp3) is 0.278. The van der Waals surface area contributed by atoms with E-state index in [1.807, 2.05) is 60.4 Å². The fourth-order valence-electron chi connectivity index (χ4n) is 2.47. The van der Waals surface area contributed by atoms with Gasteiger partial charge in [-0.25, -0.2) is 0 Å². The number of thiophene rings is 1. The Kier molecular flexibility index (Phi) is 5.95. The molecule has 2 aromatic heterocycles. The van der Waals surface area contributed by atoms with Gasteiger partial charge < -0.3 is 14.2 Å². The molecule has 0 aliphatic heterocycles. The van der Waals surface area contributed by atoms with Crippen LogP contribution in [-0.4, -0.2) is 45.5 Å². The summed E-state index contributed by atoms with van der Waals surface area (Å²) in [7, 11) is 5.34. The van der Waals surface area contributed by atoms with Gasteiger partial charge in [0.05, 0.1) is 25.0 Å². The Balaban J connectivity index is 1.66. The van der Waals surface area contributed by atoms with E-state index < -0.39 is 0 Å². The lowest BCUT2D eigenvalue weighted by Crippen LogP contribution is -2.27. The standard InChI is InChI=1S/C18H20N4O2S2/c1-21(11-13-7-6-10-25-13)16(23)12-26-18-20-19-17(22(18)2)14-8-4-5-9-15(14)24-3/h4-10H,11-12H2,1-3H3. The van der Waals surface area contributed by atoms with Crippen molar-refractivity contribution >= 4 is 29.0 Å². The summed E-state index contributed by atoms with van der Waals surface area (Å²) >= 11 is 3.04. The quantitative estimate of drug-likeness (QED) is 0.581. The minimum atomic E-state index is 0.0604. The molecule has 0 aliphatic rings. The molecule has 0 saturated heterocycles. The second-order valence-corrected chi connectivity index (χ2v) is 7.66. The number of hydrogen-bond donors (Lipinski definition) is 0. The van der Waals surface area contributed by atoms with Crippen molar-refractivity contribution in [3.63, 3.8) is 0 Å². The predicted octanol–water partition coefficient (Wildman–Crippen LogP) is 3.30. The molecule has 0 aliphatic carbocycles. The van der Waals surface area contributed by atoms with Crippen molar-refractivity contribution in [2.75, 3.05) is 19.9 Å². The van der Waals surface area contributed by atoms with E-state index in [1.54, 1.807) is 23.3 Å². The topological polar surface area (TPSA) is 60.3 Å². The van der Waals surface area contributed by atoms with Gasteiger partial charge in [0.1, 0.15) is 5.75 Å². The van der Waals surface area contributed by atoms with Crippen molar-refractivity contribution in [1.29, 1.82) is 0 Å². The number of hydrogen-bond acceptors (Lipinski definition) is 6. The van der Waals surface area contributed by atoms with Gasteiger partial charge in [0.25, 0.3) is 0 Å². The van der Waals surface area contributed by atoms with Crippen molar-refractivity contribution in [2.24, 2.45) is 7.05 Å². The molecule has 1 aromatic carbocycles. The minimum absolute atomic E-state index is 0.0604. The summed E-state index contributed by atoms with van der Waals surface area (Å²) in [6.45, 7) is 0.627. The highest BCUT2D eigenvalue weighted by Crippen LogP contribution is 2.30. The van der Waals surface area contributed by atoms with Gasteiger partial charge in [-0.1, -0.05) is 30.0 Å². The number of carbonyl (C=O) groups excluding carboxylic acids is 1. The normalized spacial score (nSPS) is 10.7. The molecule has 0 unspecified atom stereocenters. The number of benzene rings is 1. The highest BCUT2D eigenvalue weighted by atomic mass is 32.2. The number of aromatic nitrogens is 3. The van der Waals surface area contributed by atoms with Crippen molar-refractivity contribution < 1.29 is 9.53 Å². The van der Waals surface area contributed by atoms with Crippen molar-refractivity contribution in [2.45, 2.75) is 11.7 Å². The van der Waals surface area contributed by atoms with Gasteiger partial charge in [-0.2, -0.15) is 0 Å². The Labute approximate surface area is 160 Å². The van der Waals surface area contributed by atoms with Gasteiger partial charge in [0.2, 0.25) is 5.91 Å². The van der Waals surface area contributed by atoms with Crippen LogP contribution in [0.5, 0.6) is 5.75 Å². The maximum Gasteiger partial charge on any atom is 0.233 e.